The maximum absolute atomic E-state index is 11.8. The van der Waals surface area contributed by atoms with E-state index in [1.54, 1.807) is 0 Å². The van der Waals surface area contributed by atoms with Crippen LogP contribution in [0.1, 0.15) is 19.8 Å². The van der Waals surface area contributed by atoms with Crippen LogP contribution in [0.5, 0.6) is 0 Å². The van der Waals surface area contributed by atoms with Gasteiger partial charge in [0.05, 0.1) is 6.54 Å². The lowest BCUT2D eigenvalue weighted by Crippen LogP contribution is -2.55. The molecule has 1 aliphatic carbocycles. The summed E-state index contributed by atoms with van der Waals surface area (Å²) in [4.78, 5) is 28.7. The second-order valence-electron chi connectivity index (χ2n) is 4.96. The number of anilines is 1. The highest BCUT2D eigenvalue weighted by molar-refractivity contribution is 7.98. The number of amides is 2. The van der Waals surface area contributed by atoms with Crippen molar-refractivity contribution in [1.29, 1.82) is 0 Å². The molecule has 0 atom stereocenters. The van der Waals surface area contributed by atoms with Crippen LogP contribution in [-0.2, 0) is 4.79 Å². The summed E-state index contributed by atoms with van der Waals surface area (Å²) < 4.78 is 4.06. The van der Waals surface area contributed by atoms with Crippen LogP contribution >= 0.6 is 23.3 Å². The molecule has 1 saturated carbocycles. The van der Waals surface area contributed by atoms with Crippen LogP contribution < -0.4 is 10.6 Å². The van der Waals surface area contributed by atoms with Crippen molar-refractivity contribution in [1.82, 2.24) is 19.6 Å². The monoisotopic (exact) mass is 345 g/mol. The van der Waals surface area contributed by atoms with E-state index in [-0.39, 0.29) is 24.7 Å². The summed E-state index contributed by atoms with van der Waals surface area (Å²) in [6.45, 7) is 2.68. The number of nitrogens with one attached hydrogen (secondary N) is 2. The van der Waals surface area contributed by atoms with Gasteiger partial charge < -0.3 is 10.4 Å². The zero-order valence-corrected chi connectivity index (χ0v) is 14.0. The van der Waals surface area contributed by atoms with Crippen molar-refractivity contribution in [3.8, 4) is 0 Å². The molecule has 1 fully saturated rings. The Morgan fingerprint density at radius 1 is 1.50 bits per heavy atom. The zero-order valence-electron chi connectivity index (χ0n) is 12.4. The lowest BCUT2D eigenvalue weighted by atomic mass is 9.85. The molecule has 0 aliphatic heterocycles. The largest absolute Gasteiger partial charge is 0.480 e. The van der Waals surface area contributed by atoms with Gasteiger partial charge in [-0.25, -0.2) is 4.79 Å². The Kier molecular flexibility index (Phi) is 5.98. The Bertz CT molecular complexity index is 533. The highest BCUT2D eigenvalue weighted by Crippen LogP contribution is 2.25. The summed E-state index contributed by atoms with van der Waals surface area (Å²) in [5.41, 5.74) is 0. The first-order chi connectivity index (χ1) is 10.5. The number of carbonyl (C=O) groups is 2. The normalized spacial score (nSPS) is 20.5. The fraction of sp³-hybridized carbons (Fsp3) is 0.667. The maximum atomic E-state index is 11.8. The van der Waals surface area contributed by atoms with Gasteiger partial charge >= 0.3 is 12.0 Å². The van der Waals surface area contributed by atoms with Crippen molar-refractivity contribution in [3.05, 3.63) is 0 Å². The highest BCUT2D eigenvalue weighted by atomic mass is 32.2. The number of urea groups is 1. The predicted molar refractivity (Wildman–Crippen MR) is 85.5 cm³/mol. The number of rotatable bonds is 7. The van der Waals surface area contributed by atoms with Gasteiger partial charge in [0, 0.05) is 23.6 Å². The smallest absolute Gasteiger partial charge is 0.321 e. The third-order valence-electron chi connectivity index (χ3n) is 3.52. The number of thioether (sulfide) groups is 1. The fourth-order valence-electron chi connectivity index (χ4n) is 2.34. The average molecular weight is 345 g/mol. The molecule has 2 rings (SSSR count). The number of hydrogen-bond acceptors (Lipinski definition) is 7. The number of likely N-dealkylation sites (N-methyl/N-ethyl adjacent to an activating group) is 1. The molecular weight excluding hydrogens is 326 g/mol. The van der Waals surface area contributed by atoms with Crippen molar-refractivity contribution in [3.63, 3.8) is 0 Å². The molecule has 10 heteroatoms. The maximum Gasteiger partial charge on any atom is 0.321 e. The van der Waals surface area contributed by atoms with Gasteiger partial charge in [0.1, 0.15) is 0 Å². The minimum Gasteiger partial charge on any atom is -0.480 e. The lowest BCUT2D eigenvalue weighted by molar-refractivity contribution is -0.139. The Morgan fingerprint density at radius 3 is 2.77 bits per heavy atom. The first-order valence-electron chi connectivity index (χ1n) is 6.92. The molecule has 0 radical (unpaired) electrons. The van der Waals surface area contributed by atoms with Crippen LogP contribution in [0.25, 0.3) is 0 Å². The van der Waals surface area contributed by atoms with E-state index >= 15 is 0 Å². The summed E-state index contributed by atoms with van der Waals surface area (Å²) in [6.07, 6.45) is 3.40. The van der Waals surface area contributed by atoms with Gasteiger partial charge in [-0.05, 0) is 25.6 Å². The summed E-state index contributed by atoms with van der Waals surface area (Å²) in [7, 11) is 0. The van der Waals surface area contributed by atoms with E-state index in [4.69, 9.17) is 5.11 Å². The van der Waals surface area contributed by atoms with E-state index in [2.05, 4.69) is 20.0 Å². The fourth-order valence-corrected chi connectivity index (χ4v) is 3.46. The molecule has 0 saturated heterocycles. The summed E-state index contributed by atoms with van der Waals surface area (Å²) in [5, 5.41) is 15.5. The minimum atomic E-state index is -0.822. The van der Waals surface area contributed by atoms with Crippen LogP contribution in [0.3, 0.4) is 0 Å². The van der Waals surface area contributed by atoms with Crippen LogP contribution in [0, 0.1) is 0 Å². The number of nitrogens with zero attached hydrogens (tertiary/aromatic N) is 3. The first kappa shape index (κ1) is 17.0. The van der Waals surface area contributed by atoms with Crippen molar-refractivity contribution in [2.45, 2.75) is 37.0 Å². The molecule has 1 heterocycles. The van der Waals surface area contributed by atoms with E-state index in [9.17, 15) is 9.59 Å². The molecule has 0 bridgehead atoms. The second kappa shape index (κ2) is 7.75. The number of carboxylic acids is 1. The molecule has 2 amide bonds. The van der Waals surface area contributed by atoms with Crippen molar-refractivity contribution < 1.29 is 14.7 Å². The van der Waals surface area contributed by atoms with Gasteiger partial charge in [0.15, 0.2) is 0 Å². The van der Waals surface area contributed by atoms with Gasteiger partial charge in [-0.2, -0.15) is 9.36 Å². The molecule has 0 unspecified atom stereocenters. The lowest BCUT2D eigenvalue weighted by Gasteiger charge is -2.42. The molecule has 1 aliphatic rings. The molecular formula is C12H19N5O3S2. The molecule has 0 aromatic carbocycles. The summed E-state index contributed by atoms with van der Waals surface area (Å²) in [6, 6.07) is -0.00894. The first-order valence-corrected chi connectivity index (χ1v) is 8.92. The minimum absolute atomic E-state index is 0.0440. The van der Waals surface area contributed by atoms with Crippen molar-refractivity contribution in [2.24, 2.45) is 0 Å². The third-order valence-corrected chi connectivity index (χ3v) is 4.81. The summed E-state index contributed by atoms with van der Waals surface area (Å²) >= 11 is 2.56. The van der Waals surface area contributed by atoms with Gasteiger partial charge in [-0.15, -0.1) is 0 Å². The van der Waals surface area contributed by atoms with E-state index in [1.165, 1.54) is 11.8 Å². The van der Waals surface area contributed by atoms with Gasteiger partial charge in [0.25, 0.3) is 0 Å². The molecule has 122 valence electrons. The van der Waals surface area contributed by atoms with E-state index in [1.807, 2.05) is 18.1 Å². The Labute approximate surface area is 136 Å². The van der Waals surface area contributed by atoms with Crippen molar-refractivity contribution >= 4 is 40.4 Å². The molecule has 1 aromatic heterocycles. The van der Waals surface area contributed by atoms with Gasteiger partial charge in [0.2, 0.25) is 10.3 Å². The van der Waals surface area contributed by atoms with Gasteiger partial charge in [-0.1, -0.05) is 18.7 Å². The van der Waals surface area contributed by atoms with E-state index in [0.29, 0.717) is 16.8 Å². The molecule has 1 aromatic rings. The average Bonchev–Trinajstić information content (AvgIpc) is 2.87. The van der Waals surface area contributed by atoms with Gasteiger partial charge in [-0.3, -0.25) is 15.0 Å². The Morgan fingerprint density at radius 2 is 2.23 bits per heavy atom. The molecule has 8 nitrogen and oxygen atoms in total. The number of hydrogen-bond donors (Lipinski definition) is 3. The van der Waals surface area contributed by atoms with E-state index in [0.717, 1.165) is 24.4 Å². The zero-order chi connectivity index (χ0) is 16.1. The Hall–Kier alpha value is -1.39. The highest BCUT2D eigenvalue weighted by Gasteiger charge is 2.34. The van der Waals surface area contributed by atoms with Crippen LogP contribution in [0.15, 0.2) is 5.16 Å². The number of carbonyl (C=O) groups excluding carboxylic acids is 1. The SMILES string of the molecule is CCN(CC(=O)O)C1CC(NC(=O)Nc2nc(SC)ns2)C1. The van der Waals surface area contributed by atoms with Crippen LogP contribution in [-0.4, -0.2) is 62.8 Å². The van der Waals surface area contributed by atoms with E-state index < -0.39 is 5.97 Å². The Balaban J connectivity index is 1.72. The summed E-state index contributed by atoms with van der Waals surface area (Å²) in [5.74, 6) is -0.822. The number of aromatic nitrogens is 2. The topological polar surface area (TPSA) is 107 Å². The second-order valence-corrected chi connectivity index (χ2v) is 6.49. The van der Waals surface area contributed by atoms with Crippen LogP contribution in [0.4, 0.5) is 9.93 Å². The number of carboxylic acid groups (broad SMARTS) is 1. The number of aliphatic carboxylic acids is 1. The van der Waals surface area contributed by atoms with Crippen LogP contribution in [0.2, 0.25) is 0 Å². The predicted octanol–water partition coefficient (Wildman–Crippen LogP) is 1.32. The third kappa shape index (κ3) is 4.55. The molecule has 0 spiro atoms. The standard InChI is InChI=1S/C12H19N5O3S2/c1-3-17(6-9(18)19)8-4-7(5-8)13-10(20)14-11-15-12(21-2)16-22-11/h7-8H,3-6H2,1-2H3,(H,18,19)(H2,13,14,15,16,20). The quantitative estimate of drug-likeness (QED) is 0.640. The molecule has 3 N–H and O–H groups in total. The molecule has 22 heavy (non-hydrogen) atoms. The van der Waals surface area contributed by atoms with Crippen molar-refractivity contribution in [2.75, 3.05) is 24.7 Å².